The zero-order valence-electron chi connectivity index (χ0n) is 10.4. The number of nitrogens with two attached hydrogens (primary N) is 1. The fourth-order valence-corrected chi connectivity index (χ4v) is 1.69. The van der Waals surface area contributed by atoms with Gasteiger partial charge in [-0.1, -0.05) is 25.7 Å². The second-order valence-electron chi connectivity index (χ2n) is 4.25. The van der Waals surface area contributed by atoms with Crippen LogP contribution in [0.15, 0.2) is 24.3 Å². The van der Waals surface area contributed by atoms with Crippen LogP contribution in [0.2, 0.25) is 0 Å². The second-order valence-corrected chi connectivity index (χ2v) is 4.25. The summed E-state index contributed by atoms with van der Waals surface area (Å²) in [6.07, 6.45) is 7.22. The van der Waals surface area contributed by atoms with E-state index in [2.05, 4.69) is 0 Å². The molecule has 0 amide bonds. The molecule has 3 N–H and O–H groups in total. The zero-order chi connectivity index (χ0) is 12.3. The van der Waals surface area contributed by atoms with Gasteiger partial charge in [-0.25, -0.2) is 0 Å². The molecule has 0 aliphatic rings. The maximum Gasteiger partial charge on any atom is 0.119 e. The number of hydrogen-bond acceptors (Lipinski definition) is 3. The number of rotatable bonds is 9. The number of aromatic hydroxyl groups is 1. The van der Waals surface area contributed by atoms with Crippen molar-refractivity contribution in [1.82, 2.24) is 0 Å². The van der Waals surface area contributed by atoms with Crippen molar-refractivity contribution >= 4 is 0 Å². The van der Waals surface area contributed by atoms with E-state index in [0.29, 0.717) is 0 Å². The lowest BCUT2D eigenvalue weighted by atomic mass is 10.1. The molecule has 17 heavy (non-hydrogen) atoms. The van der Waals surface area contributed by atoms with Gasteiger partial charge in [0.05, 0.1) is 6.61 Å². The molecule has 3 nitrogen and oxygen atoms in total. The summed E-state index contributed by atoms with van der Waals surface area (Å²) < 4.78 is 5.56. The van der Waals surface area contributed by atoms with Crippen molar-refractivity contribution in [1.29, 1.82) is 0 Å². The Kier molecular flexibility index (Phi) is 7.23. The second kappa shape index (κ2) is 8.88. The molecular weight excluding hydrogens is 214 g/mol. The van der Waals surface area contributed by atoms with Crippen LogP contribution < -0.4 is 10.5 Å². The molecule has 1 aromatic carbocycles. The molecule has 0 radical (unpaired) electrons. The minimum Gasteiger partial charge on any atom is -0.508 e. The summed E-state index contributed by atoms with van der Waals surface area (Å²) in [4.78, 5) is 0. The monoisotopic (exact) mass is 237 g/mol. The predicted octanol–water partition coefficient (Wildman–Crippen LogP) is 3.07. The molecule has 3 heteroatoms. The van der Waals surface area contributed by atoms with E-state index < -0.39 is 0 Å². The van der Waals surface area contributed by atoms with Crippen LogP contribution in [-0.4, -0.2) is 18.3 Å². The Morgan fingerprint density at radius 2 is 1.47 bits per heavy atom. The van der Waals surface area contributed by atoms with Gasteiger partial charge >= 0.3 is 0 Å². The van der Waals surface area contributed by atoms with E-state index in [1.807, 2.05) is 0 Å². The highest BCUT2D eigenvalue weighted by Gasteiger charge is 1.94. The Morgan fingerprint density at radius 3 is 2.12 bits per heavy atom. The molecule has 0 saturated heterocycles. The maximum atomic E-state index is 9.10. The SMILES string of the molecule is NCCCCCCCCOc1ccc(O)cc1. The van der Waals surface area contributed by atoms with E-state index in [9.17, 15) is 0 Å². The third kappa shape index (κ3) is 6.84. The molecule has 0 bridgehead atoms. The van der Waals surface area contributed by atoms with Crippen molar-refractivity contribution in [2.45, 2.75) is 38.5 Å². The number of phenols is 1. The van der Waals surface area contributed by atoms with Crippen LogP contribution in [0, 0.1) is 0 Å². The third-order valence-electron chi connectivity index (χ3n) is 2.70. The first-order chi connectivity index (χ1) is 8.33. The summed E-state index contributed by atoms with van der Waals surface area (Å²) in [5.41, 5.74) is 5.43. The van der Waals surface area contributed by atoms with Crippen LogP contribution >= 0.6 is 0 Å². The normalized spacial score (nSPS) is 10.4. The minimum atomic E-state index is 0.275. The summed E-state index contributed by atoms with van der Waals surface area (Å²) >= 11 is 0. The van der Waals surface area contributed by atoms with Gasteiger partial charge in [-0.05, 0) is 43.7 Å². The molecule has 0 aromatic heterocycles. The third-order valence-corrected chi connectivity index (χ3v) is 2.70. The number of unbranched alkanes of at least 4 members (excludes halogenated alkanes) is 5. The summed E-state index contributed by atoms with van der Waals surface area (Å²) in [5.74, 6) is 1.10. The molecule has 0 atom stereocenters. The number of phenolic OH excluding ortho intramolecular Hbond substituents is 1. The average Bonchev–Trinajstić information content (AvgIpc) is 2.35. The number of benzene rings is 1. The lowest BCUT2D eigenvalue weighted by Crippen LogP contribution is -1.98. The summed E-state index contributed by atoms with van der Waals surface area (Å²) in [6.45, 7) is 1.56. The van der Waals surface area contributed by atoms with E-state index in [1.54, 1.807) is 24.3 Å². The average molecular weight is 237 g/mol. The first kappa shape index (κ1) is 13.8. The van der Waals surface area contributed by atoms with Crippen LogP contribution in [0.4, 0.5) is 0 Å². The Balaban J connectivity index is 1.95. The van der Waals surface area contributed by atoms with Crippen molar-refractivity contribution in [3.05, 3.63) is 24.3 Å². The Labute approximate surface area is 104 Å². The van der Waals surface area contributed by atoms with Crippen molar-refractivity contribution in [3.63, 3.8) is 0 Å². The highest BCUT2D eigenvalue weighted by Crippen LogP contribution is 2.16. The van der Waals surface area contributed by atoms with Crippen molar-refractivity contribution < 1.29 is 9.84 Å². The molecule has 1 rings (SSSR count). The molecule has 0 saturated carbocycles. The molecule has 0 aliphatic heterocycles. The molecule has 96 valence electrons. The van der Waals surface area contributed by atoms with Crippen LogP contribution in [0.25, 0.3) is 0 Å². The lowest BCUT2D eigenvalue weighted by molar-refractivity contribution is 0.304. The van der Waals surface area contributed by atoms with Crippen molar-refractivity contribution in [2.24, 2.45) is 5.73 Å². The predicted molar refractivity (Wildman–Crippen MR) is 70.4 cm³/mol. The molecular formula is C14H23NO2. The Bertz CT molecular complexity index is 285. The van der Waals surface area contributed by atoms with Gasteiger partial charge in [-0.3, -0.25) is 0 Å². The topological polar surface area (TPSA) is 55.5 Å². The molecule has 0 spiro atoms. The van der Waals surface area contributed by atoms with Gasteiger partial charge in [-0.15, -0.1) is 0 Å². The van der Waals surface area contributed by atoms with Crippen molar-refractivity contribution in [2.75, 3.05) is 13.2 Å². The quantitative estimate of drug-likeness (QED) is 0.649. The smallest absolute Gasteiger partial charge is 0.119 e. The fourth-order valence-electron chi connectivity index (χ4n) is 1.69. The van der Waals surface area contributed by atoms with Gasteiger partial charge in [0.25, 0.3) is 0 Å². The molecule has 0 heterocycles. The highest BCUT2D eigenvalue weighted by atomic mass is 16.5. The molecule has 0 aliphatic carbocycles. The largest absolute Gasteiger partial charge is 0.508 e. The van der Waals surface area contributed by atoms with E-state index in [-0.39, 0.29) is 5.75 Å². The standard InChI is InChI=1S/C14H23NO2/c15-11-5-3-1-2-4-6-12-17-14-9-7-13(16)8-10-14/h7-10,16H,1-6,11-12,15H2. The van der Waals surface area contributed by atoms with Gasteiger partial charge in [0.2, 0.25) is 0 Å². The van der Waals surface area contributed by atoms with Crippen LogP contribution in [-0.2, 0) is 0 Å². The zero-order valence-corrected chi connectivity index (χ0v) is 10.4. The highest BCUT2D eigenvalue weighted by molar-refractivity contribution is 5.29. The van der Waals surface area contributed by atoms with Gasteiger partial charge in [0.1, 0.15) is 11.5 Å². The Morgan fingerprint density at radius 1 is 0.882 bits per heavy atom. The van der Waals surface area contributed by atoms with Crippen LogP contribution in [0.5, 0.6) is 11.5 Å². The summed E-state index contributed by atoms with van der Waals surface area (Å²) in [6, 6.07) is 6.86. The van der Waals surface area contributed by atoms with Gasteiger partial charge in [-0.2, -0.15) is 0 Å². The maximum absolute atomic E-state index is 9.10. The molecule has 0 unspecified atom stereocenters. The number of hydrogen-bond donors (Lipinski definition) is 2. The van der Waals surface area contributed by atoms with E-state index in [1.165, 1.54) is 25.7 Å². The van der Waals surface area contributed by atoms with E-state index >= 15 is 0 Å². The first-order valence-corrected chi connectivity index (χ1v) is 6.45. The van der Waals surface area contributed by atoms with Gasteiger partial charge in [0.15, 0.2) is 0 Å². The van der Waals surface area contributed by atoms with Crippen LogP contribution in [0.1, 0.15) is 38.5 Å². The fraction of sp³-hybridized carbons (Fsp3) is 0.571. The van der Waals surface area contributed by atoms with E-state index in [0.717, 1.165) is 31.7 Å². The van der Waals surface area contributed by atoms with Gasteiger partial charge < -0.3 is 15.6 Å². The van der Waals surface area contributed by atoms with Gasteiger partial charge in [0, 0.05) is 0 Å². The first-order valence-electron chi connectivity index (χ1n) is 6.45. The van der Waals surface area contributed by atoms with Crippen molar-refractivity contribution in [3.8, 4) is 11.5 Å². The minimum absolute atomic E-state index is 0.275. The Hall–Kier alpha value is -1.22. The summed E-state index contributed by atoms with van der Waals surface area (Å²) in [5, 5.41) is 9.10. The molecule has 1 aromatic rings. The summed E-state index contributed by atoms with van der Waals surface area (Å²) in [7, 11) is 0. The van der Waals surface area contributed by atoms with E-state index in [4.69, 9.17) is 15.6 Å². The number of ether oxygens (including phenoxy) is 1. The lowest BCUT2D eigenvalue weighted by Gasteiger charge is -2.06. The van der Waals surface area contributed by atoms with Crippen LogP contribution in [0.3, 0.4) is 0 Å². The molecule has 0 fully saturated rings.